The number of carbonyl (C=O) groups excluding carboxylic acids is 2. The number of nitrogens with two attached hydrogens (primary N) is 1. The maximum absolute atomic E-state index is 12.3. The molecular formula is C9H13F3N4O2S. The summed E-state index contributed by atoms with van der Waals surface area (Å²) >= 11 is 4.47. The van der Waals surface area contributed by atoms with Crippen molar-refractivity contribution in [2.45, 2.75) is 19.0 Å². The first-order valence-electron chi connectivity index (χ1n) is 5.43. The molecule has 1 atom stereocenters. The molecule has 2 amide bonds. The Kier molecular flexibility index (Phi) is 4.92. The van der Waals surface area contributed by atoms with E-state index in [1.54, 1.807) is 0 Å². The smallest absolute Gasteiger partial charge is 0.375 e. The second-order valence-electron chi connectivity index (χ2n) is 4.07. The average molecular weight is 298 g/mol. The summed E-state index contributed by atoms with van der Waals surface area (Å²) in [5, 5.41) is -0.160. The number of thiocarbonyl (C=S) groups is 1. The Bertz CT molecular complexity index is 388. The predicted octanol–water partition coefficient (Wildman–Crippen LogP) is -0.348. The minimum atomic E-state index is -4.92. The molecule has 0 aromatic rings. The fourth-order valence-corrected chi connectivity index (χ4v) is 1.83. The molecule has 0 spiro atoms. The van der Waals surface area contributed by atoms with Crippen LogP contribution in [0.1, 0.15) is 12.8 Å². The van der Waals surface area contributed by atoms with E-state index in [1.165, 1.54) is 0 Å². The standard InChI is InChI=1S/C9H13F3N4O2S/c10-9(11,12)7(18)16-3-1-2-5(4-16)6(17)14-15-8(13)19/h5H,1-4H2,(H,14,17)(H3,13,15,19)/t5-/m1/s1. The molecule has 1 aliphatic rings. The number of halogens is 3. The maximum Gasteiger partial charge on any atom is 0.471 e. The van der Waals surface area contributed by atoms with Gasteiger partial charge in [0.2, 0.25) is 5.91 Å². The molecule has 1 heterocycles. The minimum absolute atomic E-state index is 0.00907. The van der Waals surface area contributed by atoms with E-state index in [4.69, 9.17) is 5.73 Å². The zero-order valence-electron chi connectivity index (χ0n) is 9.79. The first-order valence-corrected chi connectivity index (χ1v) is 5.84. The van der Waals surface area contributed by atoms with Crippen LogP contribution in [0.4, 0.5) is 13.2 Å². The van der Waals surface area contributed by atoms with Gasteiger partial charge in [0.05, 0.1) is 5.92 Å². The predicted molar refractivity (Wildman–Crippen MR) is 63.4 cm³/mol. The van der Waals surface area contributed by atoms with E-state index in [2.05, 4.69) is 23.1 Å². The van der Waals surface area contributed by atoms with Crippen molar-refractivity contribution in [1.82, 2.24) is 15.8 Å². The van der Waals surface area contributed by atoms with E-state index in [-0.39, 0.29) is 18.2 Å². The third-order valence-corrected chi connectivity index (χ3v) is 2.73. The molecule has 1 aliphatic heterocycles. The molecular weight excluding hydrogens is 285 g/mol. The van der Waals surface area contributed by atoms with Gasteiger partial charge in [0.1, 0.15) is 0 Å². The largest absolute Gasteiger partial charge is 0.471 e. The number of hydrogen-bond donors (Lipinski definition) is 3. The third-order valence-electron chi connectivity index (χ3n) is 2.63. The molecule has 108 valence electrons. The number of amides is 2. The van der Waals surface area contributed by atoms with Gasteiger partial charge in [-0.25, -0.2) is 0 Å². The lowest BCUT2D eigenvalue weighted by atomic mass is 9.97. The van der Waals surface area contributed by atoms with Crippen molar-refractivity contribution >= 4 is 29.1 Å². The van der Waals surface area contributed by atoms with E-state index in [1.807, 2.05) is 0 Å². The number of likely N-dealkylation sites (tertiary alicyclic amines) is 1. The van der Waals surface area contributed by atoms with Gasteiger partial charge in [0.25, 0.3) is 0 Å². The SMILES string of the molecule is NC(=S)NNC(=O)[C@@H]1CCCN(C(=O)C(F)(F)F)C1. The molecule has 1 rings (SSSR count). The zero-order chi connectivity index (χ0) is 14.6. The second-order valence-corrected chi connectivity index (χ2v) is 4.51. The topological polar surface area (TPSA) is 87.5 Å². The van der Waals surface area contributed by atoms with Crippen LogP contribution in [0.25, 0.3) is 0 Å². The first-order chi connectivity index (χ1) is 8.71. The lowest BCUT2D eigenvalue weighted by molar-refractivity contribution is -0.187. The molecule has 4 N–H and O–H groups in total. The molecule has 0 bridgehead atoms. The van der Waals surface area contributed by atoms with Crippen LogP contribution in [0.5, 0.6) is 0 Å². The van der Waals surface area contributed by atoms with Gasteiger partial charge in [-0.05, 0) is 25.1 Å². The number of nitrogens with zero attached hydrogens (tertiary/aromatic N) is 1. The molecule has 0 radical (unpaired) electrons. The minimum Gasteiger partial charge on any atom is -0.375 e. The summed E-state index contributed by atoms with van der Waals surface area (Å²) in [6.45, 7) is -0.284. The van der Waals surface area contributed by atoms with Gasteiger partial charge in [0.15, 0.2) is 5.11 Å². The highest BCUT2D eigenvalue weighted by molar-refractivity contribution is 7.80. The van der Waals surface area contributed by atoms with Crippen LogP contribution in [-0.4, -0.2) is 41.1 Å². The molecule has 0 aromatic carbocycles. The number of carbonyl (C=O) groups is 2. The number of nitrogens with one attached hydrogen (secondary N) is 2. The van der Waals surface area contributed by atoms with Gasteiger partial charge < -0.3 is 10.6 Å². The number of piperidine rings is 1. The number of hydrogen-bond acceptors (Lipinski definition) is 3. The van der Waals surface area contributed by atoms with Crippen molar-refractivity contribution in [3.63, 3.8) is 0 Å². The van der Waals surface area contributed by atoms with E-state index in [0.717, 1.165) is 0 Å². The first kappa shape index (κ1) is 15.5. The molecule has 0 unspecified atom stereocenters. The van der Waals surface area contributed by atoms with E-state index in [0.29, 0.717) is 17.7 Å². The van der Waals surface area contributed by atoms with Crippen LogP contribution in [0.3, 0.4) is 0 Å². The van der Waals surface area contributed by atoms with Gasteiger partial charge in [-0.3, -0.25) is 20.4 Å². The third kappa shape index (κ3) is 4.54. The Hall–Kier alpha value is -1.58. The quantitative estimate of drug-likeness (QED) is 0.455. The molecule has 6 nitrogen and oxygen atoms in total. The number of alkyl halides is 3. The summed E-state index contributed by atoms with van der Waals surface area (Å²) in [5.74, 6) is -3.19. The Morgan fingerprint density at radius 2 is 1.95 bits per heavy atom. The fourth-order valence-electron chi connectivity index (χ4n) is 1.78. The maximum atomic E-state index is 12.3. The lowest BCUT2D eigenvalue weighted by Gasteiger charge is -2.32. The highest BCUT2D eigenvalue weighted by Crippen LogP contribution is 2.23. The Labute approximate surface area is 112 Å². The number of rotatable bonds is 1. The molecule has 10 heteroatoms. The van der Waals surface area contributed by atoms with Crippen molar-refractivity contribution in [2.75, 3.05) is 13.1 Å². The summed E-state index contributed by atoms with van der Waals surface area (Å²) in [6, 6.07) is 0. The van der Waals surface area contributed by atoms with Crippen LogP contribution < -0.4 is 16.6 Å². The van der Waals surface area contributed by atoms with Gasteiger partial charge in [-0.1, -0.05) is 0 Å². The highest BCUT2D eigenvalue weighted by Gasteiger charge is 2.44. The van der Waals surface area contributed by atoms with Gasteiger partial charge >= 0.3 is 12.1 Å². The van der Waals surface area contributed by atoms with E-state index >= 15 is 0 Å². The average Bonchev–Trinajstić information content (AvgIpc) is 2.34. The van der Waals surface area contributed by atoms with Crippen molar-refractivity contribution in [1.29, 1.82) is 0 Å². The second kappa shape index (κ2) is 6.04. The zero-order valence-corrected chi connectivity index (χ0v) is 10.6. The van der Waals surface area contributed by atoms with Crippen LogP contribution in [0.2, 0.25) is 0 Å². The van der Waals surface area contributed by atoms with E-state index < -0.39 is 23.9 Å². The van der Waals surface area contributed by atoms with Crippen LogP contribution in [0, 0.1) is 5.92 Å². The van der Waals surface area contributed by atoms with Gasteiger partial charge in [-0.15, -0.1) is 0 Å². The Morgan fingerprint density at radius 1 is 1.32 bits per heavy atom. The molecule has 0 aromatic heterocycles. The molecule has 0 saturated carbocycles. The summed E-state index contributed by atoms with van der Waals surface area (Å²) in [5.41, 5.74) is 9.47. The van der Waals surface area contributed by atoms with Crippen molar-refractivity contribution in [2.24, 2.45) is 11.7 Å². The Balaban J connectivity index is 2.57. The number of hydrazine groups is 1. The highest BCUT2D eigenvalue weighted by atomic mass is 32.1. The molecule has 1 saturated heterocycles. The monoisotopic (exact) mass is 298 g/mol. The van der Waals surface area contributed by atoms with Gasteiger partial charge in [0, 0.05) is 13.1 Å². The summed E-state index contributed by atoms with van der Waals surface area (Å²) < 4.78 is 36.8. The molecule has 1 fully saturated rings. The van der Waals surface area contributed by atoms with Crippen LogP contribution in [-0.2, 0) is 9.59 Å². The van der Waals surface area contributed by atoms with Crippen LogP contribution in [0.15, 0.2) is 0 Å². The van der Waals surface area contributed by atoms with Crippen molar-refractivity contribution < 1.29 is 22.8 Å². The lowest BCUT2D eigenvalue weighted by Crippen LogP contribution is -2.52. The molecule has 0 aliphatic carbocycles. The van der Waals surface area contributed by atoms with Crippen molar-refractivity contribution in [3.8, 4) is 0 Å². The van der Waals surface area contributed by atoms with Crippen LogP contribution >= 0.6 is 12.2 Å². The summed E-state index contributed by atoms with van der Waals surface area (Å²) in [4.78, 5) is 23.3. The van der Waals surface area contributed by atoms with Crippen molar-refractivity contribution in [3.05, 3.63) is 0 Å². The Morgan fingerprint density at radius 3 is 2.47 bits per heavy atom. The van der Waals surface area contributed by atoms with E-state index in [9.17, 15) is 22.8 Å². The summed E-state index contributed by atoms with van der Waals surface area (Å²) in [7, 11) is 0. The fraction of sp³-hybridized carbons (Fsp3) is 0.667. The summed E-state index contributed by atoms with van der Waals surface area (Å²) in [6.07, 6.45) is -4.20. The van der Waals surface area contributed by atoms with Gasteiger partial charge in [-0.2, -0.15) is 13.2 Å². The normalized spacial score (nSPS) is 19.7. The molecule has 19 heavy (non-hydrogen) atoms.